The Morgan fingerprint density at radius 3 is 2.18 bits per heavy atom. The van der Waals surface area contributed by atoms with Crippen LogP contribution in [0.25, 0.3) is 0 Å². The number of phenolic OH excluding ortho intramolecular Hbond substituents is 1. The Hall–Kier alpha value is -5.33. The van der Waals surface area contributed by atoms with Crippen molar-refractivity contribution in [2.24, 2.45) is 5.10 Å². The van der Waals surface area contributed by atoms with Gasteiger partial charge in [0.25, 0.3) is 23.2 Å². The standard InChI is InChI=1S/C26H25N5O8/c1-2-11-39-23-9-5-18(6-10-23)16-27-29-26(34)24(12-17-3-7-22(32)8-4-17)28-25(33)19-13-20(30(35)36)15-21(14-19)31(37)38/h3-10,13-16,24,32H,2,11-12H2,1H3,(H,28,33)(H,29,34). The molecule has 0 heterocycles. The van der Waals surface area contributed by atoms with Crippen molar-refractivity contribution in [3.63, 3.8) is 0 Å². The molecule has 0 radical (unpaired) electrons. The zero-order valence-corrected chi connectivity index (χ0v) is 20.8. The summed E-state index contributed by atoms with van der Waals surface area (Å²) in [5.74, 6) is -0.956. The lowest BCUT2D eigenvalue weighted by Crippen LogP contribution is -2.46. The third-order valence-corrected chi connectivity index (χ3v) is 5.33. The fraction of sp³-hybridized carbons (Fsp3) is 0.192. The highest BCUT2D eigenvalue weighted by Crippen LogP contribution is 2.23. The summed E-state index contributed by atoms with van der Waals surface area (Å²) in [5, 5.41) is 38.3. The second-order valence-electron chi connectivity index (χ2n) is 8.30. The molecule has 0 saturated carbocycles. The highest BCUT2D eigenvalue weighted by Gasteiger charge is 2.25. The summed E-state index contributed by atoms with van der Waals surface area (Å²) in [6.45, 7) is 2.58. The normalized spacial score (nSPS) is 11.5. The Kier molecular flexibility index (Phi) is 9.62. The molecule has 0 spiro atoms. The van der Waals surface area contributed by atoms with E-state index < -0.39 is 39.1 Å². The first-order valence-electron chi connectivity index (χ1n) is 11.7. The number of amides is 2. The molecule has 0 saturated heterocycles. The first-order valence-corrected chi connectivity index (χ1v) is 11.7. The van der Waals surface area contributed by atoms with E-state index in [-0.39, 0.29) is 17.7 Å². The van der Waals surface area contributed by atoms with Gasteiger partial charge in [-0.2, -0.15) is 5.10 Å². The molecule has 0 aliphatic carbocycles. The van der Waals surface area contributed by atoms with Crippen LogP contribution >= 0.6 is 0 Å². The molecule has 39 heavy (non-hydrogen) atoms. The number of carbonyl (C=O) groups excluding carboxylic acids is 2. The maximum atomic E-state index is 13.0. The van der Waals surface area contributed by atoms with Crippen LogP contribution in [0.2, 0.25) is 0 Å². The largest absolute Gasteiger partial charge is 0.508 e. The number of nitrogens with zero attached hydrogens (tertiary/aromatic N) is 3. The summed E-state index contributed by atoms with van der Waals surface area (Å²) in [5.41, 5.74) is 1.92. The first-order chi connectivity index (χ1) is 18.7. The highest BCUT2D eigenvalue weighted by atomic mass is 16.6. The van der Waals surface area contributed by atoms with Crippen LogP contribution in [0.4, 0.5) is 11.4 Å². The second-order valence-corrected chi connectivity index (χ2v) is 8.30. The van der Waals surface area contributed by atoms with Crippen molar-refractivity contribution >= 4 is 29.4 Å². The number of benzene rings is 3. The van der Waals surface area contributed by atoms with Crippen molar-refractivity contribution in [2.75, 3.05) is 6.61 Å². The third-order valence-electron chi connectivity index (χ3n) is 5.33. The van der Waals surface area contributed by atoms with Crippen molar-refractivity contribution < 1.29 is 29.3 Å². The molecule has 2 amide bonds. The number of hydrazone groups is 1. The van der Waals surface area contributed by atoms with Crippen LogP contribution in [0.1, 0.15) is 34.8 Å². The number of carbonyl (C=O) groups is 2. The molecular formula is C26H25N5O8. The summed E-state index contributed by atoms with van der Waals surface area (Å²) in [6.07, 6.45) is 2.23. The minimum atomic E-state index is -1.22. The first kappa shape index (κ1) is 28.2. The van der Waals surface area contributed by atoms with Crippen LogP contribution in [0, 0.1) is 20.2 Å². The van der Waals surface area contributed by atoms with E-state index in [2.05, 4.69) is 15.8 Å². The van der Waals surface area contributed by atoms with Gasteiger partial charge >= 0.3 is 0 Å². The lowest BCUT2D eigenvalue weighted by molar-refractivity contribution is -0.394. The van der Waals surface area contributed by atoms with E-state index in [9.17, 15) is 34.9 Å². The Morgan fingerprint density at radius 2 is 1.62 bits per heavy atom. The van der Waals surface area contributed by atoms with Crippen molar-refractivity contribution in [1.82, 2.24) is 10.7 Å². The van der Waals surface area contributed by atoms with Crippen molar-refractivity contribution in [3.05, 3.63) is 104 Å². The van der Waals surface area contributed by atoms with Crippen LogP contribution in [0.15, 0.2) is 71.8 Å². The van der Waals surface area contributed by atoms with E-state index in [0.29, 0.717) is 23.5 Å². The minimum Gasteiger partial charge on any atom is -0.508 e. The molecule has 1 atom stereocenters. The van der Waals surface area contributed by atoms with Gasteiger partial charge in [0.1, 0.15) is 17.5 Å². The van der Waals surface area contributed by atoms with Gasteiger partial charge in [0.05, 0.1) is 34.3 Å². The number of non-ortho nitro benzene ring substituents is 2. The molecule has 3 rings (SSSR count). The molecule has 0 fully saturated rings. The molecule has 3 aromatic carbocycles. The predicted octanol–water partition coefficient (Wildman–Crippen LogP) is 3.49. The highest BCUT2D eigenvalue weighted by molar-refractivity contribution is 5.98. The van der Waals surface area contributed by atoms with Gasteiger partial charge < -0.3 is 15.2 Å². The second kappa shape index (κ2) is 13.3. The molecule has 0 bridgehead atoms. The minimum absolute atomic E-state index is 0.00315. The number of ether oxygens (including phenoxy) is 1. The zero-order valence-electron chi connectivity index (χ0n) is 20.8. The van der Waals surface area contributed by atoms with E-state index in [4.69, 9.17) is 4.74 Å². The van der Waals surface area contributed by atoms with E-state index >= 15 is 0 Å². The monoisotopic (exact) mass is 535 g/mol. The van der Waals surface area contributed by atoms with E-state index in [1.807, 2.05) is 6.92 Å². The summed E-state index contributed by atoms with van der Waals surface area (Å²) >= 11 is 0. The van der Waals surface area contributed by atoms with Gasteiger partial charge in [0.15, 0.2) is 0 Å². The maximum absolute atomic E-state index is 13.0. The van der Waals surface area contributed by atoms with Gasteiger partial charge in [-0.15, -0.1) is 0 Å². The number of hydrogen-bond donors (Lipinski definition) is 3. The quantitative estimate of drug-likeness (QED) is 0.179. The molecule has 0 aliphatic rings. The molecular weight excluding hydrogens is 510 g/mol. The fourth-order valence-corrected chi connectivity index (χ4v) is 3.37. The van der Waals surface area contributed by atoms with Gasteiger partial charge in [-0.3, -0.25) is 29.8 Å². The average Bonchev–Trinajstić information content (AvgIpc) is 2.92. The summed E-state index contributed by atoms with van der Waals surface area (Å²) in [7, 11) is 0. The average molecular weight is 536 g/mol. The molecule has 13 heteroatoms. The number of hydrogen-bond acceptors (Lipinski definition) is 9. The van der Waals surface area contributed by atoms with E-state index in [1.54, 1.807) is 36.4 Å². The van der Waals surface area contributed by atoms with Crippen LogP contribution in [0.5, 0.6) is 11.5 Å². The number of aromatic hydroxyl groups is 1. The van der Waals surface area contributed by atoms with E-state index in [1.165, 1.54) is 18.3 Å². The summed E-state index contributed by atoms with van der Waals surface area (Å²) < 4.78 is 5.52. The van der Waals surface area contributed by atoms with Crippen molar-refractivity contribution in [1.29, 1.82) is 0 Å². The van der Waals surface area contributed by atoms with Crippen molar-refractivity contribution in [2.45, 2.75) is 25.8 Å². The number of phenols is 1. The van der Waals surface area contributed by atoms with Gasteiger partial charge in [-0.1, -0.05) is 19.1 Å². The summed E-state index contributed by atoms with van der Waals surface area (Å²) in [6, 6.07) is 14.2. The topological polar surface area (TPSA) is 186 Å². The van der Waals surface area contributed by atoms with Gasteiger partial charge in [0, 0.05) is 18.6 Å². The Morgan fingerprint density at radius 1 is 1.00 bits per heavy atom. The lowest BCUT2D eigenvalue weighted by Gasteiger charge is -2.17. The molecule has 0 aliphatic heterocycles. The molecule has 202 valence electrons. The smallest absolute Gasteiger partial charge is 0.277 e. The number of rotatable bonds is 12. The number of nitrogens with one attached hydrogen (secondary N) is 2. The van der Waals surface area contributed by atoms with E-state index in [0.717, 1.165) is 24.6 Å². The molecule has 3 aromatic rings. The van der Waals surface area contributed by atoms with Gasteiger partial charge in [-0.05, 0) is 53.9 Å². The SMILES string of the molecule is CCCOc1ccc(C=NNC(=O)C(Cc2ccc(O)cc2)NC(=O)c2cc([N+](=O)[O-])cc([N+](=O)[O-])c2)cc1. The Balaban J connectivity index is 1.78. The zero-order chi connectivity index (χ0) is 28.4. The fourth-order valence-electron chi connectivity index (χ4n) is 3.37. The lowest BCUT2D eigenvalue weighted by atomic mass is 10.0. The predicted molar refractivity (Wildman–Crippen MR) is 141 cm³/mol. The van der Waals surface area contributed by atoms with Crippen LogP contribution < -0.4 is 15.5 Å². The molecule has 1 unspecified atom stereocenters. The van der Waals surface area contributed by atoms with Crippen LogP contribution in [-0.2, 0) is 11.2 Å². The number of nitro groups is 2. The molecule has 13 nitrogen and oxygen atoms in total. The van der Waals surface area contributed by atoms with Gasteiger partial charge in [0.2, 0.25) is 0 Å². The van der Waals surface area contributed by atoms with Crippen molar-refractivity contribution in [3.8, 4) is 11.5 Å². The van der Waals surface area contributed by atoms with Gasteiger partial charge in [-0.25, -0.2) is 5.43 Å². The third kappa shape index (κ3) is 8.35. The Bertz CT molecular complexity index is 1340. The molecule has 0 aromatic heterocycles. The van der Waals surface area contributed by atoms with Crippen LogP contribution in [0.3, 0.4) is 0 Å². The van der Waals surface area contributed by atoms with Crippen LogP contribution in [-0.4, -0.2) is 45.6 Å². The summed E-state index contributed by atoms with van der Waals surface area (Å²) in [4.78, 5) is 46.6. The molecule has 3 N–H and O–H groups in total. The maximum Gasteiger partial charge on any atom is 0.277 e. The number of nitro benzene ring substituents is 2. The Labute approximate surface area is 222 Å².